The fourth-order valence-electron chi connectivity index (χ4n) is 3.24. The second-order valence-electron chi connectivity index (χ2n) is 6.69. The van der Waals surface area contributed by atoms with Crippen molar-refractivity contribution in [2.45, 2.75) is 70.8 Å². The smallest absolute Gasteiger partial charge is 0.247 e. The molecule has 0 fully saturated rings. The third-order valence-electron chi connectivity index (χ3n) is 4.52. The molecule has 4 nitrogen and oxygen atoms in total. The van der Waals surface area contributed by atoms with Crippen LogP contribution >= 0.6 is 0 Å². The number of nitrogens with one attached hydrogen (secondary N) is 2. The minimum absolute atomic E-state index is 0.0224. The number of carbonyl (C=O) groups is 2. The van der Waals surface area contributed by atoms with E-state index in [-0.39, 0.29) is 17.4 Å². The van der Waals surface area contributed by atoms with Crippen LogP contribution in [0.4, 0.5) is 0 Å². The van der Waals surface area contributed by atoms with Gasteiger partial charge in [-0.2, -0.15) is 0 Å². The average Bonchev–Trinajstić information content (AvgIpc) is 3.17. The van der Waals surface area contributed by atoms with Crippen LogP contribution in [-0.4, -0.2) is 23.9 Å². The molecule has 2 aliphatic carbocycles. The van der Waals surface area contributed by atoms with Crippen molar-refractivity contribution in [3.63, 3.8) is 0 Å². The molecule has 2 N–H and O–H groups in total. The number of hydrogen-bond donors (Lipinski definition) is 2. The Balaban J connectivity index is 1.91. The van der Waals surface area contributed by atoms with Crippen LogP contribution in [0.5, 0.6) is 0 Å². The summed E-state index contributed by atoms with van der Waals surface area (Å²) in [5.74, 6) is 0.0527. The highest BCUT2D eigenvalue weighted by molar-refractivity contribution is 5.95. The lowest BCUT2D eigenvalue weighted by molar-refractivity contribution is -0.121. The second-order valence-corrected chi connectivity index (χ2v) is 6.69. The summed E-state index contributed by atoms with van der Waals surface area (Å²) in [6.45, 7) is 4.60. The van der Waals surface area contributed by atoms with E-state index >= 15 is 0 Å². The van der Waals surface area contributed by atoms with E-state index in [9.17, 15) is 9.59 Å². The van der Waals surface area contributed by atoms with Crippen molar-refractivity contribution in [3.05, 3.63) is 23.3 Å². The second kappa shape index (κ2) is 7.61. The van der Waals surface area contributed by atoms with Crippen LogP contribution in [0.3, 0.4) is 0 Å². The highest BCUT2D eigenvalue weighted by Crippen LogP contribution is 2.21. The van der Waals surface area contributed by atoms with E-state index in [0.717, 1.165) is 62.5 Å². The van der Waals surface area contributed by atoms with Crippen molar-refractivity contribution < 1.29 is 9.59 Å². The molecule has 1 atom stereocenters. The Labute approximate surface area is 133 Å². The van der Waals surface area contributed by atoms with Crippen LogP contribution in [0, 0.1) is 0 Å². The minimum atomic E-state index is -0.385. The Bertz CT molecular complexity index is 493. The van der Waals surface area contributed by atoms with Crippen molar-refractivity contribution in [1.29, 1.82) is 0 Å². The van der Waals surface area contributed by atoms with Crippen molar-refractivity contribution in [1.82, 2.24) is 10.6 Å². The van der Waals surface area contributed by atoms with Gasteiger partial charge in [-0.3, -0.25) is 9.59 Å². The number of rotatable bonds is 7. The standard InChI is InChI=1S/C18H28N2O2/c1-3-12-18(2,20-17(22)15-10-6-7-11-15)13-19-16(21)14-8-4-5-9-14/h8,10H,3-7,9,11-13H2,1-2H3,(H,19,21)(H,20,22)/t18-/m0/s1. The van der Waals surface area contributed by atoms with Crippen molar-refractivity contribution in [2.75, 3.05) is 6.54 Å². The van der Waals surface area contributed by atoms with Gasteiger partial charge in [-0.05, 0) is 51.9 Å². The summed E-state index contributed by atoms with van der Waals surface area (Å²) in [6, 6.07) is 0. The van der Waals surface area contributed by atoms with Crippen LogP contribution in [0.25, 0.3) is 0 Å². The lowest BCUT2D eigenvalue weighted by Gasteiger charge is -2.31. The summed E-state index contributed by atoms with van der Waals surface area (Å²) < 4.78 is 0. The van der Waals surface area contributed by atoms with Gasteiger partial charge < -0.3 is 10.6 Å². The molecule has 0 spiro atoms. The molecule has 0 bridgehead atoms. The molecule has 0 heterocycles. The first-order valence-electron chi connectivity index (χ1n) is 8.53. The third kappa shape index (κ3) is 4.46. The van der Waals surface area contributed by atoms with E-state index in [1.54, 1.807) is 0 Å². The van der Waals surface area contributed by atoms with Gasteiger partial charge in [-0.1, -0.05) is 25.5 Å². The normalized spacial score (nSPS) is 20.1. The molecule has 0 radical (unpaired) electrons. The molecule has 0 aliphatic heterocycles. The summed E-state index contributed by atoms with van der Waals surface area (Å²) >= 11 is 0. The molecule has 2 aliphatic rings. The van der Waals surface area contributed by atoms with Gasteiger partial charge in [0.1, 0.15) is 0 Å². The predicted molar refractivity (Wildman–Crippen MR) is 88.3 cm³/mol. The van der Waals surface area contributed by atoms with E-state index < -0.39 is 0 Å². The van der Waals surface area contributed by atoms with Gasteiger partial charge in [0.15, 0.2) is 0 Å². The van der Waals surface area contributed by atoms with Gasteiger partial charge in [0, 0.05) is 17.7 Å². The molecular formula is C18H28N2O2. The van der Waals surface area contributed by atoms with E-state index in [2.05, 4.69) is 17.6 Å². The van der Waals surface area contributed by atoms with Gasteiger partial charge >= 0.3 is 0 Å². The molecule has 122 valence electrons. The lowest BCUT2D eigenvalue weighted by Crippen LogP contribution is -2.53. The Hall–Kier alpha value is -1.58. The zero-order chi connectivity index (χ0) is 16.0. The van der Waals surface area contributed by atoms with Crippen molar-refractivity contribution in [2.24, 2.45) is 0 Å². The summed E-state index contributed by atoms with van der Waals surface area (Å²) in [6.07, 6.45) is 11.7. The first kappa shape index (κ1) is 16.8. The first-order chi connectivity index (χ1) is 10.5. The number of amides is 2. The fraction of sp³-hybridized carbons (Fsp3) is 0.667. The molecule has 0 aromatic heterocycles. The topological polar surface area (TPSA) is 58.2 Å². The number of carbonyl (C=O) groups excluding carboxylic acids is 2. The fourth-order valence-corrected chi connectivity index (χ4v) is 3.24. The van der Waals surface area contributed by atoms with E-state index in [1.807, 2.05) is 19.1 Å². The largest absolute Gasteiger partial charge is 0.350 e. The van der Waals surface area contributed by atoms with Crippen molar-refractivity contribution in [3.8, 4) is 0 Å². The summed E-state index contributed by atoms with van der Waals surface area (Å²) in [7, 11) is 0. The molecule has 0 unspecified atom stereocenters. The molecule has 0 saturated heterocycles. The van der Waals surface area contributed by atoms with Crippen LogP contribution < -0.4 is 10.6 Å². The van der Waals surface area contributed by atoms with Gasteiger partial charge in [0.05, 0.1) is 5.54 Å². The molecule has 22 heavy (non-hydrogen) atoms. The molecule has 2 amide bonds. The third-order valence-corrected chi connectivity index (χ3v) is 4.52. The van der Waals surface area contributed by atoms with Crippen LogP contribution in [0.1, 0.15) is 65.2 Å². The molecule has 2 rings (SSSR count). The zero-order valence-electron chi connectivity index (χ0n) is 13.8. The minimum Gasteiger partial charge on any atom is -0.350 e. The molecule has 0 saturated carbocycles. The molecule has 0 aromatic rings. The number of hydrogen-bond acceptors (Lipinski definition) is 2. The molecular weight excluding hydrogens is 276 g/mol. The molecule has 4 heteroatoms. The Kier molecular flexibility index (Phi) is 5.81. The summed E-state index contributed by atoms with van der Waals surface area (Å²) in [4.78, 5) is 24.5. The van der Waals surface area contributed by atoms with E-state index in [1.165, 1.54) is 0 Å². The quantitative estimate of drug-likeness (QED) is 0.759. The maximum absolute atomic E-state index is 12.3. The maximum atomic E-state index is 12.3. The summed E-state index contributed by atoms with van der Waals surface area (Å²) in [5.41, 5.74) is 1.40. The van der Waals surface area contributed by atoms with E-state index in [4.69, 9.17) is 0 Å². The first-order valence-corrected chi connectivity index (χ1v) is 8.53. The number of allylic oxidation sites excluding steroid dienone is 2. The van der Waals surface area contributed by atoms with Crippen LogP contribution in [0.2, 0.25) is 0 Å². The highest BCUT2D eigenvalue weighted by Gasteiger charge is 2.28. The van der Waals surface area contributed by atoms with Crippen molar-refractivity contribution >= 4 is 11.8 Å². The Morgan fingerprint density at radius 2 is 1.68 bits per heavy atom. The van der Waals surface area contributed by atoms with Gasteiger partial charge in [-0.25, -0.2) is 0 Å². The van der Waals surface area contributed by atoms with Gasteiger partial charge in [0.25, 0.3) is 0 Å². The van der Waals surface area contributed by atoms with Gasteiger partial charge in [-0.15, -0.1) is 0 Å². The average molecular weight is 304 g/mol. The zero-order valence-corrected chi connectivity index (χ0v) is 13.8. The predicted octanol–water partition coefficient (Wildman–Crippen LogP) is 3.00. The molecule has 0 aromatic carbocycles. The van der Waals surface area contributed by atoms with Gasteiger partial charge in [0.2, 0.25) is 11.8 Å². The highest BCUT2D eigenvalue weighted by atomic mass is 16.2. The SMILES string of the molecule is CCC[C@@](C)(CNC(=O)C1=CCCC1)NC(=O)C1=CCCC1. The lowest BCUT2D eigenvalue weighted by atomic mass is 9.95. The monoisotopic (exact) mass is 304 g/mol. The Morgan fingerprint density at radius 3 is 2.18 bits per heavy atom. The van der Waals surface area contributed by atoms with E-state index in [0.29, 0.717) is 6.54 Å². The summed E-state index contributed by atoms with van der Waals surface area (Å²) in [5, 5.41) is 6.15. The van der Waals surface area contributed by atoms with Crippen LogP contribution in [0.15, 0.2) is 23.3 Å². The van der Waals surface area contributed by atoms with Crippen LogP contribution in [-0.2, 0) is 9.59 Å². The Morgan fingerprint density at radius 1 is 1.09 bits per heavy atom. The maximum Gasteiger partial charge on any atom is 0.247 e.